The van der Waals surface area contributed by atoms with Gasteiger partial charge in [0.2, 0.25) is 0 Å². The Morgan fingerprint density at radius 3 is 2.73 bits per heavy atom. The van der Waals surface area contributed by atoms with Gasteiger partial charge in [-0.2, -0.15) is 0 Å². The highest BCUT2D eigenvalue weighted by atomic mass is 16.5. The molecule has 0 bridgehead atoms. The number of benzene rings is 1. The van der Waals surface area contributed by atoms with Crippen molar-refractivity contribution in [2.45, 2.75) is 51.3 Å². The summed E-state index contributed by atoms with van der Waals surface area (Å²) in [5.74, 6) is 1.25. The van der Waals surface area contributed by atoms with Gasteiger partial charge in [-0.1, -0.05) is 18.9 Å². The fourth-order valence-corrected chi connectivity index (χ4v) is 3.40. The van der Waals surface area contributed by atoms with Gasteiger partial charge in [-0.25, -0.2) is 0 Å². The second kappa shape index (κ2) is 8.51. The summed E-state index contributed by atoms with van der Waals surface area (Å²) in [5.41, 5.74) is 2.30. The molecule has 0 saturated heterocycles. The summed E-state index contributed by atoms with van der Waals surface area (Å²) in [6.07, 6.45) is 4.76. The molecular weight excluding hydrogens is 278 g/mol. The number of nitrogens with one attached hydrogen (secondary N) is 1. The second-order valence-corrected chi connectivity index (χ2v) is 6.23. The monoisotopic (exact) mass is 307 g/mol. The third-order valence-corrected chi connectivity index (χ3v) is 4.71. The van der Waals surface area contributed by atoms with Gasteiger partial charge in [0.25, 0.3) is 0 Å². The lowest BCUT2D eigenvalue weighted by Gasteiger charge is -2.33. The molecule has 1 aromatic carbocycles. The van der Waals surface area contributed by atoms with Gasteiger partial charge in [0, 0.05) is 31.4 Å². The van der Waals surface area contributed by atoms with Crippen molar-refractivity contribution in [2.75, 3.05) is 20.8 Å². The van der Waals surface area contributed by atoms with Crippen molar-refractivity contribution < 1.29 is 14.6 Å². The highest BCUT2D eigenvalue weighted by Gasteiger charge is 2.25. The van der Waals surface area contributed by atoms with Crippen molar-refractivity contribution >= 4 is 0 Å². The van der Waals surface area contributed by atoms with E-state index in [9.17, 15) is 5.11 Å². The maximum absolute atomic E-state index is 9.55. The fraction of sp³-hybridized carbons (Fsp3) is 0.667. The van der Waals surface area contributed by atoms with Crippen molar-refractivity contribution in [3.8, 4) is 5.75 Å². The summed E-state index contributed by atoms with van der Waals surface area (Å²) in [6, 6.07) is 6.91. The highest BCUT2D eigenvalue weighted by molar-refractivity contribution is 5.38. The molecule has 4 heteroatoms. The number of aliphatic hydroxyl groups excluding tert-OH is 1. The zero-order valence-electron chi connectivity index (χ0n) is 14.0. The molecule has 3 unspecified atom stereocenters. The van der Waals surface area contributed by atoms with E-state index in [0.29, 0.717) is 18.6 Å². The van der Waals surface area contributed by atoms with Crippen LogP contribution in [0.2, 0.25) is 0 Å². The molecule has 0 amide bonds. The Bertz CT molecular complexity index is 464. The van der Waals surface area contributed by atoms with Crippen molar-refractivity contribution in [2.24, 2.45) is 5.92 Å². The Kier molecular flexibility index (Phi) is 6.68. The summed E-state index contributed by atoms with van der Waals surface area (Å²) in [5, 5.41) is 13.3. The number of ether oxygens (including phenoxy) is 2. The molecule has 0 radical (unpaired) electrons. The Labute approximate surface area is 133 Å². The SMILES string of the molecule is COCc1cc(C(C)NC2CCCCC2CO)ccc1OC. The van der Waals surface area contributed by atoms with Crippen molar-refractivity contribution in [3.05, 3.63) is 29.3 Å². The first-order valence-electron chi connectivity index (χ1n) is 8.22. The molecule has 0 aliphatic heterocycles. The minimum atomic E-state index is 0.249. The molecule has 1 aliphatic rings. The largest absolute Gasteiger partial charge is 0.496 e. The van der Waals surface area contributed by atoms with Crippen LogP contribution in [0.5, 0.6) is 5.75 Å². The number of hydrogen-bond acceptors (Lipinski definition) is 4. The Morgan fingerprint density at radius 2 is 2.05 bits per heavy atom. The first-order chi connectivity index (χ1) is 10.7. The van der Waals surface area contributed by atoms with Gasteiger partial charge in [0.05, 0.1) is 13.7 Å². The molecule has 2 rings (SSSR count). The standard InChI is InChI=1S/C18H29NO3/c1-13(19-17-7-5-4-6-15(17)11-20)14-8-9-18(22-3)16(10-14)12-21-2/h8-10,13,15,17,19-20H,4-7,11-12H2,1-3H3. The molecule has 2 N–H and O–H groups in total. The van der Waals surface area contributed by atoms with Crippen molar-refractivity contribution in [1.29, 1.82) is 0 Å². The van der Waals surface area contributed by atoms with E-state index in [-0.39, 0.29) is 12.6 Å². The van der Waals surface area contributed by atoms with E-state index in [0.717, 1.165) is 24.2 Å². The van der Waals surface area contributed by atoms with E-state index in [4.69, 9.17) is 9.47 Å². The Hall–Kier alpha value is -1.10. The first-order valence-corrected chi connectivity index (χ1v) is 8.22. The number of rotatable bonds is 7. The quantitative estimate of drug-likeness (QED) is 0.813. The predicted molar refractivity (Wildman–Crippen MR) is 88.1 cm³/mol. The zero-order chi connectivity index (χ0) is 15.9. The van der Waals surface area contributed by atoms with Crippen LogP contribution in [0, 0.1) is 5.92 Å². The summed E-state index contributed by atoms with van der Waals surface area (Å²) in [7, 11) is 3.38. The van der Waals surface area contributed by atoms with E-state index in [1.54, 1.807) is 14.2 Å². The fourth-order valence-electron chi connectivity index (χ4n) is 3.40. The first kappa shape index (κ1) is 17.3. The smallest absolute Gasteiger partial charge is 0.124 e. The lowest BCUT2D eigenvalue weighted by Crippen LogP contribution is -2.41. The number of methoxy groups -OCH3 is 2. The molecule has 3 atom stereocenters. The van der Waals surface area contributed by atoms with E-state index in [1.165, 1.54) is 18.4 Å². The van der Waals surface area contributed by atoms with Crippen LogP contribution in [0.3, 0.4) is 0 Å². The molecule has 1 fully saturated rings. The average Bonchev–Trinajstić information content (AvgIpc) is 2.55. The summed E-state index contributed by atoms with van der Waals surface area (Å²) >= 11 is 0. The minimum absolute atomic E-state index is 0.249. The molecule has 1 saturated carbocycles. The third-order valence-electron chi connectivity index (χ3n) is 4.71. The van der Waals surface area contributed by atoms with Crippen LogP contribution in [0.1, 0.15) is 49.8 Å². The van der Waals surface area contributed by atoms with E-state index in [1.807, 2.05) is 6.07 Å². The minimum Gasteiger partial charge on any atom is -0.496 e. The summed E-state index contributed by atoms with van der Waals surface area (Å²) in [6.45, 7) is 3.01. The molecule has 124 valence electrons. The van der Waals surface area contributed by atoms with Gasteiger partial charge in [-0.05, 0) is 43.4 Å². The van der Waals surface area contributed by atoms with Gasteiger partial charge >= 0.3 is 0 Å². The molecule has 1 aromatic rings. The van der Waals surface area contributed by atoms with Crippen LogP contribution >= 0.6 is 0 Å². The van der Waals surface area contributed by atoms with Gasteiger partial charge in [0.1, 0.15) is 5.75 Å². The predicted octanol–water partition coefficient (Wildman–Crippen LogP) is 3.04. The number of hydrogen-bond donors (Lipinski definition) is 2. The van der Waals surface area contributed by atoms with Gasteiger partial charge < -0.3 is 19.9 Å². The summed E-state index contributed by atoms with van der Waals surface area (Å²) in [4.78, 5) is 0. The van der Waals surface area contributed by atoms with E-state index in [2.05, 4.69) is 24.4 Å². The lowest BCUT2D eigenvalue weighted by molar-refractivity contribution is 0.147. The third kappa shape index (κ3) is 4.22. The van der Waals surface area contributed by atoms with Crippen LogP contribution in [-0.2, 0) is 11.3 Å². The maximum atomic E-state index is 9.55. The average molecular weight is 307 g/mol. The summed E-state index contributed by atoms with van der Waals surface area (Å²) < 4.78 is 10.6. The van der Waals surface area contributed by atoms with Crippen LogP contribution < -0.4 is 10.1 Å². The molecule has 0 spiro atoms. The molecule has 22 heavy (non-hydrogen) atoms. The maximum Gasteiger partial charge on any atom is 0.124 e. The van der Waals surface area contributed by atoms with Gasteiger partial charge in [-0.15, -0.1) is 0 Å². The Balaban J connectivity index is 2.08. The van der Waals surface area contributed by atoms with Crippen LogP contribution in [0.15, 0.2) is 18.2 Å². The molecule has 4 nitrogen and oxygen atoms in total. The highest BCUT2D eigenvalue weighted by Crippen LogP contribution is 2.28. The van der Waals surface area contributed by atoms with Crippen molar-refractivity contribution in [3.63, 3.8) is 0 Å². The second-order valence-electron chi connectivity index (χ2n) is 6.23. The lowest BCUT2D eigenvalue weighted by atomic mass is 9.84. The topological polar surface area (TPSA) is 50.7 Å². The zero-order valence-corrected chi connectivity index (χ0v) is 14.0. The van der Waals surface area contributed by atoms with Crippen molar-refractivity contribution in [1.82, 2.24) is 5.32 Å². The van der Waals surface area contributed by atoms with Crippen LogP contribution in [0.4, 0.5) is 0 Å². The molecule has 1 aliphatic carbocycles. The van der Waals surface area contributed by atoms with Gasteiger partial charge in [-0.3, -0.25) is 0 Å². The molecule has 0 aromatic heterocycles. The normalized spacial score (nSPS) is 23.3. The Morgan fingerprint density at radius 1 is 1.27 bits per heavy atom. The van der Waals surface area contributed by atoms with Crippen LogP contribution in [0.25, 0.3) is 0 Å². The van der Waals surface area contributed by atoms with Gasteiger partial charge in [0.15, 0.2) is 0 Å². The van der Waals surface area contributed by atoms with E-state index >= 15 is 0 Å². The van der Waals surface area contributed by atoms with E-state index < -0.39 is 0 Å². The molecular formula is C18H29NO3. The van der Waals surface area contributed by atoms with Crippen LogP contribution in [-0.4, -0.2) is 32.0 Å². The number of aliphatic hydroxyl groups is 1. The molecule has 0 heterocycles.